The smallest absolute Gasteiger partial charge is 0.259 e. The molecule has 2 amide bonds. The fourth-order valence-electron chi connectivity index (χ4n) is 2.76. The molecule has 0 spiro atoms. The van der Waals surface area contributed by atoms with E-state index in [2.05, 4.69) is 15.6 Å². The molecule has 8 heteroatoms. The molecular weight excluding hydrogens is 402 g/mol. The molecule has 0 aliphatic heterocycles. The number of aromatic nitrogens is 1. The van der Waals surface area contributed by atoms with Gasteiger partial charge in [0.2, 0.25) is 0 Å². The van der Waals surface area contributed by atoms with Gasteiger partial charge in [-0.2, -0.15) is 0 Å². The first kappa shape index (κ1) is 19.4. The lowest BCUT2D eigenvalue weighted by Gasteiger charge is -2.11. The van der Waals surface area contributed by atoms with E-state index in [4.69, 9.17) is 9.15 Å². The SMILES string of the molecule is COc1ccc(C(=O)Nc2ccccc2C(=O)Nc2nc(-c3ccco3)cs2)cc1. The highest BCUT2D eigenvalue weighted by Crippen LogP contribution is 2.26. The van der Waals surface area contributed by atoms with Crippen LogP contribution >= 0.6 is 11.3 Å². The van der Waals surface area contributed by atoms with Gasteiger partial charge in [-0.1, -0.05) is 12.1 Å². The summed E-state index contributed by atoms with van der Waals surface area (Å²) in [6.07, 6.45) is 1.56. The number of nitrogens with zero attached hydrogens (tertiary/aromatic N) is 1. The molecule has 0 unspecified atom stereocenters. The molecule has 0 aliphatic carbocycles. The van der Waals surface area contributed by atoms with E-state index in [1.165, 1.54) is 11.3 Å². The Morgan fingerprint density at radius 2 is 1.77 bits per heavy atom. The second kappa shape index (κ2) is 8.62. The highest BCUT2D eigenvalue weighted by atomic mass is 32.1. The van der Waals surface area contributed by atoms with E-state index in [0.717, 1.165) is 0 Å². The van der Waals surface area contributed by atoms with Gasteiger partial charge < -0.3 is 14.5 Å². The number of anilines is 2. The number of carbonyl (C=O) groups is 2. The van der Waals surface area contributed by atoms with Gasteiger partial charge in [0, 0.05) is 10.9 Å². The fraction of sp³-hybridized carbons (Fsp3) is 0.0455. The van der Waals surface area contributed by atoms with Crippen molar-refractivity contribution in [1.29, 1.82) is 0 Å². The molecule has 0 radical (unpaired) electrons. The summed E-state index contributed by atoms with van der Waals surface area (Å²) >= 11 is 1.29. The van der Waals surface area contributed by atoms with Crippen LogP contribution in [0, 0.1) is 0 Å². The van der Waals surface area contributed by atoms with Crippen LogP contribution in [-0.2, 0) is 0 Å². The van der Waals surface area contributed by atoms with E-state index < -0.39 is 0 Å². The quantitative estimate of drug-likeness (QED) is 0.463. The summed E-state index contributed by atoms with van der Waals surface area (Å²) in [7, 11) is 1.56. The number of para-hydroxylation sites is 1. The van der Waals surface area contributed by atoms with Crippen molar-refractivity contribution >= 4 is 34.0 Å². The van der Waals surface area contributed by atoms with Crippen molar-refractivity contribution in [2.45, 2.75) is 0 Å². The van der Waals surface area contributed by atoms with Crippen molar-refractivity contribution in [1.82, 2.24) is 4.98 Å². The van der Waals surface area contributed by atoms with Gasteiger partial charge >= 0.3 is 0 Å². The Kier molecular flexibility index (Phi) is 5.58. The first-order valence-corrected chi connectivity index (χ1v) is 9.87. The number of amides is 2. The van der Waals surface area contributed by atoms with Gasteiger partial charge in [0.05, 0.1) is 24.6 Å². The zero-order valence-corrected chi connectivity index (χ0v) is 16.7. The third kappa shape index (κ3) is 4.23. The average molecular weight is 419 g/mol. The first-order valence-electron chi connectivity index (χ1n) is 8.99. The van der Waals surface area contributed by atoms with Crippen LogP contribution in [0.1, 0.15) is 20.7 Å². The molecule has 0 fully saturated rings. The molecule has 2 aromatic heterocycles. The minimum atomic E-state index is -0.374. The van der Waals surface area contributed by atoms with Gasteiger partial charge in [0.1, 0.15) is 11.4 Å². The number of hydrogen-bond donors (Lipinski definition) is 2. The summed E-state index contributed by atoms with van der Waals surface area (Å²) in [5.41, 5.74) is 1.82. The monoisotopic (exact) mass is 419 g/mol. The second-order valence-corrected chi connectivity index (χ2v) is 7.06. The lowest BCUT2D eigenvalue weighted by Crippen LogP contribution is -2.18. The topological polar surface area (TPSA) is 93.5 Å². The Hall–Kier alpha value is -3.91. The van der Waals surface area contributed by atoms with E-state index in [9.17, 15) is 9.59 Å². The molecule has 4 aromatic rings. The summed E-state index contributed by atoms with van der Waals surface area (Å²) in [5, 5.41) is 7.78. The van der Waals surface area contributed by atoms with Crippen molar-refractivity contribution in [2.24, 2.45) is 0 Å². The van der Waals surface area contributed by atoms with Crippen LogP contribution in [0.4, 0.5) is 10.8 Å². The zero-order valence-electron chi connectivity index (χ0n) is 15.9. The van der Waals surface area contributed by atoms with Gasteiger partial charge in [0.25, 0.3) is 11.8 Å². The number of rotatable bonds is 6. The van der Waals surface area contributed by atoms with Crippen LogP contribution in [0.2, 0.25) is 0 Å². The maximum atomic E-state index is 12.8. The summed E-state index contributed by atoms with van der Waals surface area (Å²) in [6.45, 7) is 0. The molecule has 0 atom stereocenters. The summed E-state index contributed by atoms with van der Waals surface area (Å²) in [5.74, 6) is 0.579. The molecule has 0 aliphatic rings. The standard InChI is InChI=1S/C22H17N3O4S/c1-28-15-10-8-14(9-11-15)20(26)23-17-6-3-2-5-16(17)21(27)25-22-24-18(13-30-22)19-7-4-12-29-19/h2-13H,1H3,(H,23,26)(H,24,25,27). The molecule has 30 heavy (non-hydrogen) atoms. The first-order chi connectivity index (χ1) is 14.6. The summed E-state index contributed by atoms with van der Waals surface area (Å²) in [4.78, 5) is 29.7. The van der Waals surface area contributed by atoms with E-state index >= 15 is 0 Å². The molecule has 2 heterocycles. The molecule has 7 nitrogen and oxygen atoms in total. The second-order valence-electron chi connectivity index (χ2n) is 6.20. The van der Waals surface area contributed by atoms with Gasteiger partial charge in [0.15, 0.2) is 10.9 Å². The minimum Gasteiger partial charge on any atom is -0.497 e. The van der Waals surface area contributed by atoms with E-state index in [1.54, 1.807) is 79.4 Å². The van der Waals surface area contributed by atoms with Gasteiger partial charge in [-0.3, -0.25) is 14.9 Å². The summed E-state index contributed by atoms with van der Waals surface area (Å²) in [6, 6.07) is 17.1. The third-order valence-electron chi connectivity index (χ3n) is 4.27. The van der Waals surface area contributed by atoms with Gasteiger partial charge in [-0.05, 0) is 48.5 Å². The number of carbonyl (C=O) groups excluding carboxylic acids is 2. The fourth-order valence-corrected chi connectivity index (χ4v) is 3.45. The highest BCUT2D eigenvalue weighted by molar-refractivity contribution is 7.14. The van der Waals surface area contributed by atoms with Gasteiger partial charge in [-0.25, -0.2) is 4.98 Å². The molecule has 4 rings (SSSR count). The Balaban J connectivity index is 1.49. The number of nitrogens with one attached hydrogen (secondary N) is 2. The van der Waals surface area contributed by atoms with Gasteiger partial charge in [-0.15, -0.1) is 11.3 Å². The number of ether oxygens (including phenoxy) is 1. The number of furan rings is 1. The number of thiazole rings is 1. The van der Waals surface area contributed by atoms with Crippen LogP contribution in [0.15, 0.2) is 76.7 Å². The van der Waals surface area contributed by atoms with Crippen molar-refractivity contribution in [3.8, 4) is 17.2 Å². The number of hydrogen-bond acceptors (Lipinski definition) is 6. The molecule has 0 saturated carbocycles. The predicted molar refractivity (Wildman–Crippen MR) is 115 cm³/mol. The molecule has 0 saturated heterocycles. The van der Waals surface area contributed by atoms with Crippen LogP contribution in [0.3, 0.4) is 0 Å². The zero-order chi connectivity index (χ0) is 20.9. The lowest BCUT2D eigenvalue weighted by atomic mass is 10.1. The number of benzene rings is 2. The molecule has 2 N–H and O–H groups in total. The summed E-state index contributed by atoms with van der Waals surface area (Å²) < 4.78 is 10.4. The Labute approximate surface area is 176 Å². The molecule has 150 valence electrons. The van der Waals surface area contributed by atoms with Crippen molar-refractivity contribution in [2.75, 3.05) is 17.7 Å². The van der Waals surface area contributed by atoms with Crippen LogP contribution in [-0.4, -0.2) is 23.9 Å². The molecule has 0 bridgehead atoms. The van der Waals surface area contributed by atoms with Crippen molar-refractivity contribution in [3.05, 3.63) is 83.4 Å². The van der Waals surface area contributed by atoms with Crippen LogP contribution in [0.5, 0.6) is 5.75 Å². The maximum absolute atomic E-state index is 12.8. The Morgan fingerprint density at radius 1 is 0.967 bits per heavy atom. The van der Waals surface area contributed by atoms with Crippen molar-refractivity contribution < 1.29 is 18.7 Å². The minimum absolute atomic E-state index is 0.327. The highest BCUT2D eigenvalue weighted by Gasteiger charge is 2.16. The normalized spacial score (nSPS) is 10.4. The Morgan fingerprint density at radius 3 is 2.50 bits per heavy atom. The maximum Gasteiger partial charge on any atom is 0.259 e. The third-order valence-corrected chi connectivity index (χ3v) is 5.03. The predicted octanol–water partition coefficient (Wildman–Crippen LogP) is 4.92. The largest absolute Gasteiger partial charge is 0.497 e. The van der Waals surface area contributed by atoms with Crippen LogP contribution in [0.25, 0.3) is 11.5 Å². The Bertz CT molecular complexity index is 1170. The molecular formula is C22H17N3O4S. The molecule has 2 aromatic carbocycles. The van der Waals surface area contributed by atoms with E-state index in [0.29, 0.717) is 39.1 Å². The lowest BCUT2D eigenvalue weighted by molar-refractivity contribution is 0.102. The van der Waals surface area contributed by atoms with E-state index in [-0.39, 0.29) is 11.8 Å². The average Bonchev–Trinajstić information content (AvgIpc) is 3.46. The number of methoxy groups -OCH3 is 1. The van der Waals surface area contributed by atoms with Crippen LogP contribution < -0.4 is 15.4 Å². The van der Waals surface area contributed by atoms with Crippen molar-refractivity contribution in [3.63, 3.8) is 0 Å². The van der Waals surface area contributed by atoms with E-state index in [1.807, 2.05) is 0 Å².